The highest BCUT2D eigenvalue weighted by atomic mass is 35.5. The molecule has 0 spiro atoms. The second-order valence-corrected chi connectivity index (χ2v) is 5.40. The lowest BCUT2D eigenvalue weighted by molar-refractivity contribution is -0.126. The standard InChI is InChI=1S/C16H23N3O3.ClH/c1-22-14-6-4-12(5-7-14)16(21)19-10-2-3-13(11-19)15(20)18-9-8-17;/h4-7,13H,2-3,8-11,17H2,1H3,(H,18,20);1H. The van der Waals surface area contributed by atoms with Crippen LogP contribution in [0.3, 0.4) is 0 Å². The summed E-state index contributed by atoms with van der Waals surface area (Å²) in [6, 6.07) is 7.03. The second-order valence-electron chi connectivity index (χ2n) is 5.40. The summed E-state index contributed by atoms with van der Waals surface area (Å²) in [5, 5.41) is 2.80. The Morgan fingerprint density at radius 1 is 1.35 bits per heavy atom. The summed E-state index contributed by atoms with van der Waals surface area (Å²) >= 11 is 0. The molecule has 1 fully saturated rings. The average molecular weight is 342 g/mol. The van der Waals surface area contributed by atoms with E-state index in [1.807, 2.05) is 0 Å². The van der Waals surface area contributed by atoms with Gasteiger partial charge in [0, 0.05) is 31.7 Å². The van der Waals surface area contributed by atoms with Crippen LogP contribution in [0.1, 0.15) is 23.2 Å². The fourth-order valence-electron chi connectivity index (χ4n) is 2.63. The first kappa shape index (κ1) is 19.3. The van der Waals surface area contributed by atoms with Gasteiger partial charge in [0.2, 0.25) is 5.91 Å². The number of benzene rings is 1. The normalized spacial score (nSPS) is 17.1. The summed E-state index contributed by atoms with van der Waals surface area (Å²) in [6.07, 6.45) is 1.64. The lowest BCUT2D eigenvalue weighted by Crippen LogP contribution is -2.46. The average Bonchev–Trinajstić information content (AvgIpc) is 2.59. The van der Waals surface area contributed by atoms with Gasteiger partial charge in [-0.2, -0.15) is 0 Å². The summed E-state index contributed by atoms with van der Waals surface area (Å²) in [5.41, 5.74) is 6.01. The fraction of sp³-hybridized carbons (Fsp3) is 0.500. The van der Waals surface area contributed by atoms with E-state index in [4.69, 9.17) is 10.5 Å². The molecule has 1 aromatic rings. The smallest absolute Gasteiger partial charge is 0.253 e. The molecular formula is C16H24ClN3O3. The Kier molecular flexibility index (Phi) is 7.85. The number of carbonyl (C=O) groups excluding carboxylic acids is 2. The molecule has 0 radical (unpaired) electrons. The molecule has 0 saturated carbocycles. The van der Waals surface area contributed by atoms with Crippen molar-refractivity contribution in [2.75, 3.05) is 33.3 Å². The van der Waals surface area contributed by atoms with Crippen LogP contribution in [0.5, 0.6) is 5.75 Å². The summed E-state index contributed by atoms with van der Waals surface area (Å²) in [7, 11) is 1.59. The van der Waals surface area contributed by atoms with Crippen LogP contribution in [0, 0.1) is 5.92 Å². The second kappa shape index (κ2) is 9.37. The molecular weight excluding hydrogens is 318 g/mol. The third kappa shape index (κ3) is 5.11. The number of rotatable bonds is 5. The largest absolute Gasteiger partial charge is 0.497 e. The zero-order chi connectivity index (χ0) is 15.9. The van der Waals surface area contributed by atoms with Crippen molar-refractivity contribution in [3.63, 3.8) is 0 Å². The highest BCUT2D eigenvalue weighted by Crippen LogP contribution is 2.20. The van der Waals surface area contributed by atoms with E-state index in [1.165, 1.54) is 0 Å². The van der Waals surface area contributed by atoms with E-state index in [2.05, 4.69) is 5.32 Å². The molecule has 23 heavy (non-hydrogen) atoms. The van der Waals surface area contributed by atoms with Crippen molar-refractivity contribution < 1.29 is 14.3 Å². The number of hydrogen-bond donors (Lipinski definition) is 2. The Bertz CT molecular complexity index is 522. The van der Waals surface area contributed by atoms with Crippen molar-refractivity contribution >= 4 is 24.2 Å². The number of ether oxygens (including phenoxy) is 1. The maximum atomic E-state index is 12.5. The molecule has 1 atom stereocenters. The van der Waals surface area contributed by atoms with Crippen LogP contribution in [-0.4, -0.2) is 50.0 Å². The molecule has 1 heterocycles. The van der Waals surface area contributed by atoms with Gasteiger partial charge in [0.05, 0.1) is 13.0 Å². The molecule has 2 amide bonds. The van der Waals surface area contributed by atoms with Crippen LogP contribution in [0.15, 0.2) is 24.3 Å². The van der Waals surface area contributed by atoms with Gasteiger partial charge in [-0.25, -0.2) is 0 Å². The third-order valence-electron chi connectivity index (χ3n) is 3.86. The molecule has 1 saturated heterocycles. The highest BCUT2D eigenvalue weighted by molar-refractivity contribution is 5.94. The van der Waals surface area contributed by atoms with Crippen LogP contribution in [0.2, 0.25) is 0 Å². The van der Waals surface area contributed by atoms with E-state index in [9.17, 15) is 9.59 Å². The predicted molar refractivity (Wildman–Crippen MR) is 90.9 cm³/mol. The van der Waals surface area contributed by atoms with Gasteiger partial charge in [-0.05, 0) is 37.1 Å². The molecule has 1 aromatic carbocycles. The molecule has 3 N–H and O–H groups in total. The van der Waals surface area contributed by atoms with Gasteiger partial charge in [0.1, 0.15) is 5.75 Å². The molecule has 128 valence electrons. The van der Waals surface area contributed by atoms with Crippen molar-refractivity contribution in [1.82, 2.24) is 10.2 Å². The number of hydrogen-bond acceptors (Lipinski definition) is 4. The zero-order valence-corrected chi connectivity index (χ0v) is 14.1. The summed E-state index contributed by atoms with van der Waals surface area (Å²) in [5.74, 6) is 0.508. The topological polar surface area (TPSA) is 84.7 Å². The number of amides is 2. The Morgan fingerprint density at radius 2 is 2.04 bits per heavy atom. The molecule has 0 bridgehead atoms. The van der Waals surface area contributed by atoms with Crippen LogP contribution in [0.4, 0.5) is 0 Å². The van der Waals surface area contributed by atoms with E-state index in [0.717, 1.165) is 12.8 Å². The van der Waals surface area contributed by atoms with Gasteiger partial charge in [-0.3, -0.25) is 9.59 Å². The molecule has 6 nitrogen and oxygen atoms in total. The first-order valence-electron chi connectivity index (χ1n) is 7.57. The molecule has 0 aliphatic carbocycles. The van der Waals surface area contributed by atoms with Gasteiger partial charge in [-0.15, -0.1) is 12.4 Å². The number of methoxy groups -OCH3 is 1. The van der Waals surface area contributed by atoms with Gasteiger partial charge >= 0.3 is 0 Å². The summed E-state index contributed by atoms with van der Waals surface area (Å²) < 4.78 is 5.09. The van der Waals surface area contributed by atoms with Crippen LogP contribution < -0.4 is 15.8 Å². The van der Waals surface area contributed by atoms with Crippen molar-refractivity contribution in [2.45, 2.75) is 12.8 Å². The number of halogens is 1. The van der Waals surface area contributed by atoms with E-state index >= 15 is 0 Å². The van der Waals surface area contributed by atoms with Gasteiger partial charge in [0.25, 0.3) is 5.91 Å². The third-order valence-corrected chi connectivity index (χ3v) is 3.86. The fourth-order valence-corrected chi connectivity index (χ4v) is 2.63. The Labute approximate surface area is 142 Å². The Hall–Kier alpha value is -1.79. The van der Waals surface area contributed by atoms with E-state index < -0.39 is 0 Å². The summed E-state index contributed by atoms with van der Waals surface area (Å²) in [6.45, 7) is 2.04. The Morgan fingerprint density at radius 3 is 2.65 bits per heavy atom. The number of likely N-dealkylation sites (tertiary alicyclic amines) is 1. The summed E-state index contributed by atoms with van der Waals surface area (Å²) in [4.78, 5) is 26.3. The minimum absolute atomic E-state index is 0. The molecule has 7 heteroatoms. The molecule has 0 aromatic heterocycles. The number of piperidine rings is 1. The lowest BCUT2D eigenvalue weighted by Gasteiger charge is -2.32. The van der Waals surface area contributed by atoms with E-state index in [1.54, 1.807) is 36.3 Å². The molecule has 1 unspecified atom stereocenters. The minimum atomic E-state index is -0.150. The predicted octanol–water partition coefficient (Wildman–Crippen LogP) is 1.04. The van der Waals surface area contributed by atoms with Crippen molar-refractivity contribution in [3.8, 4) is 5.75 Å². The number of nitrogens with one attached hydrogen (secondary N) is 1. The maximum Gasteiger partial charge on any atom is 0.253 e. The molecule has 2 rings (SSSR count). The van der Waals surface area contributed by atoms with Crippen LogP contribution >= 0.6 is 12.4 Å². The maximum absolute atomic E-state index is 12.5. The molecule has 1 aliphatic rings. The molecule has 1 aliphatic heterocycles. The quantitative estimate of drug-likeness (QED) is 0.838. The first-order chi connectivity index (χ1) is 10.7. The van der Waals surface area contributed by atoms with Gasteiger partial charge < -0.3 is 20.7 Å². The first-order valence-corrected chi connectivity index (χ1v) is 7.57. The minimum Gasteiger partial charge on any atom is -0.497 e. The Balaban J connectivity index is 0.00000264. The van der Waals surface area contributed by atoms with Crippen LogP contribution in [-0.2, 0) is 4.79 Å². The van der Waals surface area contributed by atoms with Crippen molar-refractivity contribution in [3.05, 3.63) is 29.8 Å². The number of nitrogens with zero attached hydrogens (tertiary/aromatic N) is 1. The van der Waals surface area contributed by atoms with Gasteiger partial charge in [0.15, 0.2) is 0 Å². The van der Waals surface area contributed by atoms with E-state index in [-0.39, 0.29) is 30.1 Å². The van der Waals surface area contributed by atoms with Crippen LogP contribution in [0.25, 0.3) is 0 Å². The lowest BCUT2D eigenvalue weighted by atomic mass is 9.96. The van der Waals surface area contributed by atoms with E-state index in [0.29, 0.717) is 37.5 Å². The van der Waals surface area contributed by atoms with Gasteiger partial charge in [-0.1, -0.05) is 0 Å². The number of carbonyl (C=O) groups is 2. The van der Waals surface area contributed by atoms with Crippen molar-refractivity contribution in [2.24, 2.45) is 11.7 Å². The SMILES string of the molecule is COc1ccc(C(=O)N2CCCC(C(=O)NCCN)C2)cc1.Cl. The number of nitrogens with two attached hydrogens (primary N) is 1. The van der Waals surface area contributed by atoms with Crippen molar-refractivity contribution in [1.29, 1.82) is 0 Å². The monoisotopic (exact) mass is 341 g/mol. The highest BCUT2D eigenvalue weighted by Gasteiger charge is 2.28. The zero-order valence-electron chi connectivity index (χ0n) is 13.3.